The highest BCUT2D eigenvalue weighted by atomic mass is 32.2. The Balaban J connectivity index is 1.56. The summed E-state index contributed by atoms with van der Waals surface area (Å²) in [6.45, 7) is 7.17. The van der Waals surface area contributed by atoms with Crippen LogP contribution in [-0.4, -0.2) is 41.9 Å². The Labute approximate surface area is 165 Å². The first-order valence-corrected chi connectivity index (χ1v) is 11.0. The van der Waals surface area contributed by atoms with Gasteiger partial charge in [0.15, 0.2) is 0 Å². The Morgan fingerprint density at radius 1 is 1.19 bits per heavy atom. The van der Waals surface area contributed by atoms with Crippen LogP contribution in [0.1, 0.15) is 38.3 Å². The Bertz CT molecular complexity index is 809. The summed E-state index contributed by atoms with van der Waals surface area (Å²) >= 11 is 1.46. The third kappa shape index (κ3) is 3.91. The number of thioether (sulfide) groups is 1. The van der Waals surface area contributed by atoms with E-state index in [1.54, 1.807) is 6.07 Å². The fourth-order valence-electron chi connectivity index (χ4n) is 3.82. The average molecular weight is 387 g/mol. The van der Waals surface area contributed by atoms with E-state index in [4.69, 9.17) is 4.98 Å². The lowest BCUT2D eigenvalue weighted by atomic mass is 9.99. The maximum atomic E-state index is 13.9. The van der Waals surface area contributed by atoms with Crippen molar-refractivity contribution in [2.24, 2.45) is 5.92 Å². The Morgan fingerprint density at radius 3 is 2.70 bits per heavy atom. The van der Waals surface area contributed by atoms with Crippen molar-refractivity contribution in [2.45, 2.75) is 43.5 Å². The fraction of sp³-hybridized carbons (Fsp3) is 0.524. The Morgan fingerprint density at radius 2 is 2.00 bits per heavy atom. The van der Waals surface area contributed by atoms with Gasteiger partial charge in [0, 0.05) is 48.0 Å². The van der Waals surface area contributed by atoms with Crippen molar-refractivity contribution >= 4 is 23.4 Å². The number of hydrogen-bond acceptors (Lipinski definition) is 5. The molecular formula is C21H27FN4S. The van der Waals surface area contributed by atoms with E-state index in [0.717, 1.165) is 31.3 Å². The highest BCUT2D eigenvalue weighted by Gasteiger charge is 2.32. The van der Waals surface area contributed by atoms with Crippen LogP contribution >= 0.6 is 11.8 Å². The standard InChI is InChI=1S/C21H27FN4S/c1-14(2)19-13-25(16-6-7-17(22)20(12-16)27-3)10-11-26(19)21-23-9-8-18(24-21)15-4-5-15/h6-9,12,14-15,19H,4-5,10-11,13H2,1-3H3. The van der Waals surface area contributed by atoms with Gasteiger partial charge in [-0.2, -0.15) is 0 Å². The smallest absolute Gasteiger partial charge is 0.225 e. The summed E-state index contributed by atoms with van der Waals surface area (Å²) in [5, 5.41) is 0. The molecule has 1 atom stereocenters. The van der Waals surface area contributed by atoms with E-state index in [1.807, 2.05) is 24.6 Å². The van der Waals surface area contributed by atoms with Crippen LogP contribution in [0.5, 0.6) is 0 Å². The van der Waals surface area contributed by atoms with E-state index in [9.17, 15) is 4.39 Å². The zero-order chi connectivity index (χ0) is 19.0. The number of rotatable bonds is 5. The molecule has 4 rings (SSSR count). The molecule has 2 aliphatic rings. The molecule has 2 fully saturated rings. The number of benzene rings is 1. The van der Waals surface area contributed by atoms with Crippen molar-refractivity contribution in [3.8, 4) is 0 Å². The van der Waals surface area contributed by atoms with Crippen molar-refractivity contribution in [1.82, 2.24) is 9.97 Å². The minimum absolute atomic E-state index is 0.143. The summed E-state index contributed by atoms with van der Waals surface area (Å²) in [6.07, 6.45) is 6.33. The zero-order valence-electron chi connectivity index (χ0n) is 16.2. The van der Waals surface area contributed by atoms with Gasteiger partial charge in [0.25, 0.3) is 0 Å². The van der Waals surface area contributed by atoms with Gasteiger partial charge in [-0.25, -0.2) is 14.4 Å². The van der Waals surface area contributed by atoms with E-state index in [2.05, 4.69) is 34.7 Å². The second-order valence-electron chi connectivity index (χ2n) is 7.83. The van der Waals surface area contributed by atoms with Crippen LogP contribution < -0.4 is 9.80 Å². The molecule has 1 saturated heterocycles. The van der Waals surface area contributed by atoms with Gasteiger partial charge in [-0.05, 0) is 49.3 Å². The number of aromatic nitrogens is 2. The van der Waals surface area contributed by atoms with E-state index in [1.165, 1.54) is 30.3 Å². The molecule has 0 spiro atoms. The van der Waals surface area contributed by atoms with Crippen molar-refractivity contribution in [2.75, 3.05) is 35.7 Å². The highest BCUT2D eigenvalue weighted by Crippen LogP contribution is 2.39. The molecule has 1 aromatic carbocycles. The molecule has 0 radical (unpaired) electrons. The largest absolute Gasteiger partial charge is 0.368 e. The molecule has 1 aliphatic carbocycles. The first-order chi connectivity index (χ1) is 13.1. The summed E-state index contributed by atoms with van der Waals surface area (Å²) in [7, 11) is 0. The van der Waals surface area contributed by atoms with Crippen molar-refractivity contribution < 1.29 is 4.39 Å². The van der Waals surface area contributed by atoms with Crippen molar-refractivity contribution in [3.05, 3.63) is 42.0 Å². The van der Waals surface area contributed by atoms with Gasteiger partial charge >= 0.3 is 0 Å². The summed E-state index contributed by atoms with van der Waals surface area (Å²) in [5.74, 6) is 1.83. The van der Waals surface area contributed by atoms with E-state index >= 15 is 0 Å². The lowest BCUT2D eigenvalue weighted by Gasteiger charge is -2.44. The van der Waals surface area contributed by atoms with Crippen LogP contribution in [0.2, 0.25) is 0 Å². The second kappa shape index (κ2) is 7.66. The topological polar surface area (TPSA) is 32.3 Å². The second-order valence-corrected chi connectivity index (χ2v) is 8.67. The lowest BCUT2D eigenvalue weighted by Crippen LogP contribution is -2.56. The van der Waals surface area contributed by atoms with Gasteiger partial charge in [0.1, 0.15) is 5.82 Å². The first kappa shape index (κ1) is 18.5. The first-order valence-electron chi connectivity index (χ1n) is 9.75. The van der Waals surface area contributed by atoms with Crippen LogP contribution in [-0.2, 0) is 0 Å². The molecule has 27 heavy (non-hydrogen) atoms. The van der Waals surface area contributed by atoms with Gasteiger partial charge in [-0.1, -0.05) is 13.8 Å². The Kier molecular flexibility index (Phi) is 5.26. The van der Waals surface area contributed by atoms with Gasteiger partial charge in [0.05, 0.1) is 6.04 Å². The van der Waals surface area contributed by atoms with Gasteiger partial charge < -0.3 is 9.80 Å². The van der Waals surface area contributed by atoms with Crippen LogP contribution in [0.3, 0.4) is 0 Å². The molecule has 6 heteroatoms. The van der Waals surface area contributed by atoms with Crippen LogP contribution in [0.25, 0.3) is 0 Å². The van der Waals surface area contributed by atoms with Gasteiger partial charge in [-0.15, -0.1) is 11.8 Å². The molecule has 144 valence electrons. The molecule has 2 aromatic rings. The van der Waals surface area contributed by atoms with Crippen LogP contribution in [0, 0.1) is 11.7 Å². The maximum Gasteiger partial charge on any atom is 0.225 e. The normalized spacial score (nSPS) is 20.4. The van der Waals surface area contributed by atoms with E-state index in [-0.39, 0.29) is 5.82 Å². The molecule has 1 unspecified atom stereocenters. The average Bonchev–Trinajstić information content (AvgIpc) is 3.53. The van der Waals surface area contributed by atoms with E-state index < -0.39 is 0 Å². The summed E-state index contributed by atoms with van der Waals surface area (Å²) < 4.78 is 13.9. The molecule has 0 N–H and O–H groups in total. The summed E-state index contributed by atoms with van der Waals surface area (Å²) in [5.41, 5.74) is 2.28. The number of piperazine rings is 1. The fourth-order valence-corrected chi connectivity index (χ4v) is 4.32. The Hall–Kier alpha value is -1.82. The van der Waals surface area contributed by atoms with Crippen LogP contribution in [0.4, 0.5) is 16.0 Å². The number of nitrogens with zero attached hydrogens (tertiary/aromatic N) is 4. The molecule has 0 amide bonds. The molecular weight excluding hydrogens is 359 g/mol. The molecule has 4 nitrogen and oxygen atoms in total. The predicted octanol–water partition coefficient (Wildman–Crippen LogP) is 4.57. The number of halogens is 1. The van der Waals surface area contributed by atoms with E-state index in [0.29, 0.717) is 22.8 Å². The minimum atomic E-state index is -0.143. The predicted molar refractivity (Wildman–Crippen MR) is 110 cm³/mol. The third-order valence-corrected chi connectivity index (χ3v) is 6.36. The van der Waals surface area contributed by atoms with Crippen molar-refractivity contribution in [1.29, 1.82) is 0 Å². The maximum absolute atomic E-state index is 13.9. The zero-order valence-corrected chi connectivity index (χ0v) is 17.0. The summed E-state index contributed by atoms with van der Waals surface area (Å²) in [4.78, 5) is 14.9. The minimum Gasteiger partial charge on any atom is -0.368 e. The van der Waals surface area contributed by atoms with Gasteiger partial charge in [0.2, 0.25) is 5.95 Å². The monoisotopic (exact) mass is 386 g/mol. The molecule has 1 aromatic heterocycles. The quantitative estimate of drug-likeness (QED) is 0.703. The molecule has 1 saturated carbocycles. The number of anilines is 2. The highest BCUT2D eigenvalue weighted by molar-refractivity contribution is 7.98. The molecule has 1 aliphatic heterocycles. The van der Waals surface area contributed by atoms with Gasteiger partial charge in [-0.3, -0.25) is 0 Å². The van der Waals surface area contributed by atoms with Crippen molar-refractivity contribution in [3.63, 3.8) is 0 Å². The van der Waals surface area contributed by atoms with Crippen LogP contribution in [0.15, 0.2) is 35.4 Å². The lowest BCUT2D eigenvalue weighted by molar-refractivity contribution is 0.413. The third-order valence-electron chi connectivity index (χ3n) is 5.60. The molecule has 0 bridgehead atoms. The SMILES string of the molecule is CSc1cc(N2CCN(c3nccc(C4CC4)n3)C(C(C)C)C2)ccc1F. The summed E-state index contributed by atoms with van der Waals surface area (Å²) in [6, 6.07) is 7.84. The molecule has 2 heterocycles. The number of hydrogen-bond donors (Lipinski definition) is 0.